The molecule has 0 aliphatic heterocycles. The molecule has 4 nitrogen and oxygen atoms in total. The van der Waals surface area contributed by atoms with E-state index in [1.54, 1.807) is 6.08 Å². The number of hydrogen-bond donors (Lipinski definition) is 0. The highest BCUT2D eigenvalue weighted by Gasteiger charge is 2.34. The normalized spacial score (nSPS) is 13.3. The van der Waals surface area contributed by atoms with Gasteiger partial charge in [0.25, 0.3) is 0 Å². The summed E-state index contributed by atoms with van der Waals surface area (Å²) < 4.78 is 4.29. The minimum Gasteiger partial charge on any atom is -0.342 e. The molecule has 2 heterocycles. The van der Waals surface area contributed by atoms with Crippen molar-refractivity contribution >= 4 is 73.6 Å². The SMILES string of the molecule is Cn1c(C=C2C(=O)c3cc(Cl)c(Cl)cc3C2=O)cc2c1c1ccccc1n2-c1cccc2ccccc12. The van der Waals surface area contributed by atoms with Gasteiger partial charge >= 0.3 is 0 Å². The summed E-state index contributed by atoms with van der Waals surface area (Å²) >= 11 is 12.3. The van der Waals surface area contributed by atoms with Crippen LogP contribution in [0, 0.1) is 0 Å². The van der Waals surface area contributed by atoms with Gasteiger partial charge in [-0.2, -0.15) is 0 Å². The fourth-order valence-corrected chi connectivity index (χ4v) is 5.82. The Kier molecular flexibility index (Phi) is 4.74. The summed E-state index contributed by atoms with van der Waals surface area (Å²) in [6, 6.07) is 27.9. The lowest BCUT2D eigenvalue weighted by Gasteiger charge is -2.10. The lowest BCUT2D eigenvalue weighted by atomic mass is 10.1. The van der Waals surface area contributed by atoms with Crippen molar-refractivity contribution in [3.8, 4) is 5.69 Å². The fraction of sp³-hybridized carbons (Fsp3) is 0.0323. The van der Waals surface area contributed by atoms with Gasteiger partial charge < -0.3 is 9.13 Å². The van der Waals surface area contributed by atoms with Crippen LogP contribution in [0.4, 0.5) is 0 Å². The molecule has 4 aromatic carbocycles. The second-order valence-corrected chi connectivity index (χ2v) is 10.1. The van der Waals surface area contributed by atoms with Crippen LogP contribution in [-0.2, 0) is 7.05 Å². The van der Waals surface area contributed by atoms with Gasteiger partial charge in [0, 0.05) is 34.6 Å². The van der Waals surface area contributed by atoms with E-state index in [2.05, 4.69) is 47.0 Å². The van der Waals surface area contributed by atoms with E-state index >= 15 is 0 Å². The topological polar surface area (TPSA) is 44.0 Å². The minimum atomic E-state index is -0.341. The molecule has 0 saturated carbocycles. The molecule has 0 radical (unpaired) electrons. The van der Waals surface area contributed by atoms with Crippen LogP contribution in [0.25, 0.3) is 44.5 Å². The third kappa shape index (κ3) is 3.10. The molecule has 0 fully saturated rings. The lowest BCUT2D eigenvalue weighted by molar-refractivity contribution is 0.0990. The number of hydrogen-bond acceptors (Lipinski definition) is 2. The van der Waals surface area contributed by atoms with Gasteiger partial charge in [-0.25, -0.2) is 0 Å². The molecular weight excluding hydrogens is 503 g/mol. The van der Waals surface area contributed by atoms with E-state index in [-0.39, 0.29) is 38.3 Å². The summed E-state index contributed by atoms with van der Waals surface area (Å²) in [5.41, 5.74) is 5.61. The molecule has 6 aromatic rings. The number of aryl methyl sites for hydroxylation is 1. The van der Waals surface area contributed by atoms with Gasteiger partial charge in [-0.1, -0.05) is 77.8 Å². The number of halogens is 2. The van der Waals surface area contributed by atoms with Crippen molar-refractivity contribution in [2.24, 2.45) is 7.05 Å². The largest absolute Gasteiger partial charge is 0.342 e. The Balaban J connectivity index is 1.49. The first-order chi connectivity index (χ1) is 17.9. The van der Waals surface area contributed by atoms with E-state index in [0.29, 0.717) is 0 Å². The van der Waals surface area contributed by atoms with Crippen molar-refractivity contribution in [1.29, 1.82) is 0 Å². The molecule has 0 atom stereocenters. The van der Waals surface area contributed by atoms with Crippen molar-refractivity contribution in [3.63, 3.8) is 0 Å². The Bertz CT molecular complexity index is 1960. The summed E-state index contributed by atoms with van der Waals surface area (Å²) in [4.78, 5) is 26.4. The Labute approximate surface area is 221 Å². The summed E-state index contributed by atoms with van der Waals surface area (Å²) in [5.74, 6) is -0.683. The Morgan fingerprint density at radius 2 is 1.32 bits per heavy atom. The number of ketones is 2. The molecule has 0 N–H and O–H groups in total. The van der Waals surface area contributed by atoms with E-state index < -0.39 is 0 Å². The van der Waals surface area contributed by atoms with Crippen LogP contribution in [0.1, 0.15) is 26.4 Å². The van der Waals surface area contributed by atoms with Crippen molar-refractivity contribution in [2.75, 3.05) is 0 Å². The van der Waals surface area contributed by atoms with E-state index in [0.717, 1.165) is 44.1 Å². The van der Waals surface area contributed by atoms with Crippen molar-refractivity contribution in [2.45, 2.75) is 0 Å². The second-order valence-electron chi connectivity index (χ2n) is 9.24. The number of allylic oxidation sites excluding steroid dienone is 1. The molecule has 1 aliphatic rings. The number of para-hydroxylation sites is 1. The average Bonchev–Trinajstić information content (AvgIpc) is 3.48. The van der Waals surface area contributed by atoms with Gasteiger partial charge in [0.15, 0.2) is 11.6 Å². The number of rotatable bonds is 2. The predicted molar refractivity (Wildman–Crippen MR) is 150 cm³/mol. The summed E-state index contributed by atoms with van der Waals surface area (Å²) in [5, 5.41) is 3.89. The van der Waals surface area contributed by atoms with Gasteiger partial charge in [0.05, 0.1) is 37.9 Å². The van der Waals surface area contributed by atoms with Crippen molar-refractivity contribution in [3.05, 3.63) is 117 Å². The molecule has 0 saturated heterocycles. The molecule has 178 valence electrons. The first-order valence-corrected chi connectivity index (χ1v) is 12.6. The van der Waals surface area contributed by atoms with Crippen LogP contribution in [0.15, 0.2) is 90.5 Å². The van der Waals surface area contributed by atoms with E-state index in [9.17, 15) is 9.59 Å². The van der Waals surface area contributed by atoms with Gasteiger partial charge in [-0.3, -0.25) is 9.59 Å². The molecule has 7 rings (SSSR count). The van der Waals surface area contributed by atoms with Crippen LogP contribution in [0.2, 0.25) is 10.0 Å². The Morgan fingerprint density at radius 3 is 2.05 bits per heavy atom. The number of nitrogens with zero attached hydrogens (tertiary/aromatic N) is 2. The highest BCUT2D eigenvalue weighted by atomic mass is 35.5. The highest BCUT2D eigenvalue weighted by molar-refractivity contribution is 6.46. The molecular formula is C31H18Cl2N2O2. The zero-order chi connectivity index (χ0) is 25.4. The second kappa shape index (κ2) is 7.94. The quantitative estimate of drug-likeness (QED) is 0.171. The third-order valence-electron chi connectivity index (χ3n) is 7.23. The van der Waals surface area contributed by atoms with Crippen LogP contribution in [0.3, 0.4) is 0 Å². The molecule has 1 aliphatic carbocycles. The van der Waals surface area contributed by atoms with E-state index in [1.807, 2.05) is 41.9 Å². The number of Topliss-reactive ketones (excluding diaryl/α,β-unsaturated/α-hetero) is 2. The molecule has 0 unspecified atom stereocenters. The monoisotopic (exact) mass is 520 g/mol. The summed E-state index contributed by atoms with van der Waals surface area (Å²) in [7, 11) is 1.96. The maximum absolute atomic E-state index is 13.2. The first-order valence-electron chi connectivity index (χ1n) is 11.8. The molecule has 0 spiro atoms. The highest BCUT2D eigenvalue weighted by Crippen LogP contribution is 2.38. The molecule has 2 aromatic heterocycles. The van der Waals surface area contributed by atoms with Gasteiger partial charge in [-0.05, 0) is 41.8 Å². The molecule has 0 amide bonds. The van der Waals surface area contributed by atoms with Gasteiger partial charge in [0.1, 0.15) is 0 Å². The van der Waals surface area contributed by atoms with Crippen LogP contribution >= 0.6 is 23.2 Å². The standard InChI is InChI=1S/C31H18Cl2N2O2/c1-34-18(13-23-30(36)21-15-24(32)25(33)16-22(21)31(23)37)14-28-29(34)20-10-4-5-11-27(20)35(28)26-12-6-8-17-7-2-3-9-19(17)26/h2-16H,1H3. The van der Waals surface area contributed by atoms with Crippen LogP contribution in [-0.4, -0.2) is 20.7 Å². The average molecular weight is 521 g/mol. The summed E-state index contributed by atoms with van der Waals surface area (Å²) in [6.07, 6.45) is 1.68. The smallest absolute Gasteiger partial charge is 0.197 e. The van der Waals surface area contributed by atoms with Crippen LogP contribution in [0.5, 0.6) is 0 Å². The number of carbonyl (C=O) groups excluding carboxylic acids is 2. The number of aromatic nitrogens is 2. The van der Waals surface area contributed by atoms with Crippen molar-refractivity contribution < 1.29 is 9.59 Å². The number of fused-ring (bicyclic) bond motifs is 5. The summed E-state index contributed by atoms with van der Waals surface area (Å²) in [6.45, 7) is 0. The molecule has 0 bridgehead atoms. The number of benzene rings is 4. The predicted octanol–water partition coefficient (Wildman–Crippen LogP) is 8.04. The van der Waals surface area contributed by atoms with E-state index in [1.165, 1.54) is 12.1 Å². The lowest BCUT2D eigenvalue weighted by Crippen LogP contribution is -2.02. The third-order valence-corrected chi connectivity index (χ3v) is 7.95. The molecule has 6 heteroatoms. The van der Waals surface area contributed by atoms with Gasteiger partial charge in [0.2, 0.25) is 0 Å². The maximum Gasteiger partial charge on any atom is 0.197 e. The van der Waals surface area contributed by atoms with Crippen molar-refractivity contribution in [1.82, 2.24) is 9.13 Å². The van der Waals surface area contributed by atoms with Crippen LogP contribution < -0.4 is 0 Å². The fourth-order valence-electron chi connectivity index (χ4n) is 5.49. The minimum absolute atomic E-state index is 0.109. The van der Waals surface area contributed by atoms with Gasteiger partial charge in [-0.15, -0.1) is 0 Å². The number of carbonyl (C=O) groups is 2. The van der Waals surface area contributed by atoms with E-state index in [4.69, 9.17) is 23.2 Å². The maximum atomic E-state index is 13.2. The molecule has 37 heavy (non-hydrogen) atoms. The Hall–Kier alpha value is -4.12. The first kappa shape index (κ1) is 22.1. The Morgan fingerprint density at radius 1 is 0.703 bits per heavy atom. The zero-order valence-corrected chi connectivity index (χ0v) is 21.1. The zero-order valence-electron chi connectivity index (χ0n) is 19.6.